The second kappa shape index (κ2) is 7.86. The van der Waals surface area contributed by atoms with Gasteiger partial charge in [0.1, 0.15) is 6.04 Å². The van der Waals surface area contributed by atoms with Gasteiger partial charge in [-0.1, -0.05) is 6.07 Å². The smallest absolute Gasteiger partial charge is 0.249 e. The Morgan fingerprint density at radius 1 is 1.08 bits per heavy atom. The molecule has 3 rings (SSSR count). The number of nitrogens with zero attached hydrogens (tertiary/aromatic N) is 2. The van der Waals surface area contributed by atoms with Crippen LogP contribution in [0.5, 0.6) is 0 Å². The summed E-state index contributed by atoms with van der Waals surface area (Å²) in [4.78, 5) is 38.5. The fourth-order valence-corrected chi connectivity index (χ4v) is 3.81. The zero-order chi connectivity index (χ0) is 18.7. The van der Waals surface area contributed by atoms with Gasteiger partial charge in [0, 0.05) is 20.5 Å². The number of carbonyl (C=O) groups excluding carboxylic acids is 3. The monoisotopic (exact) mass is 358 g/mol. The largest absolute Gasteiger partial charge is 0.361 e. The van der Waals surface area contributed by atoms with Crippen LogP contribution in [0.15, 0.2) is 18.2 Å². The van der Waals surface area contributed by atoms with Crippen molar-refractivity contribution in [3.63, 3.8) is 0 Å². The van der Waals surface area contributed by atoms with Crippen LogP contribution in [-0.2, 0) is 14.4 Å². The average Bonchev–Trinajstić information content (AvgIpc) is 2.67. The minimum atomic E-state index is -0.420. The molecule has 1 unspecified atom stereocenters. The number of likely N-dealkylation sites (N-methyl/N-ethyl adjacent to an activating group) is 1. The highest BCUT2D eigenvalue weighted by molar-refractivity contribution is 6.02. The molecule has 2 aliphatic heterocycles. The van der Waals surface area contributed by atoms with Crippen molar-refractivity contribution in [3.05, 3.63) is 23.8 Å². The Balaban J connectivity index is 1.91. The van der Waals surface area contributed by atoms with Crippen LogP contribution in [0.1, 0.15) is 37.2 Å². The molecule has 0 bridgehead atoms. The standard InChI is InChI=1S/C19H26N4O3/c1-22(12-24)17-11-14(13-7-9-20-10-8-13)3-4-15(17)23(2)16-5-6-18(25)21-19(16)26/h3-4,11-13,16,20H,5-10H2,1-2H3,(H,21,25,26). The summed E-state index contributed by atoms with van der Waals surface area (Å²) >= 11 is 0. The number of carbonyl (C=O) groups is 3. The Labute approximate surface area is 153 Å². The van der Waals surface area contributed by atoms with Crippen LogP contribution in [0.2, 0.25) is 0 Å². The number of rotatable bonds is 5. The Kier molecular flexibility index (Phi) is 5.56. The summed E-state index contributed by atoms with van der Waals surface area (Å²) in [6.07, 6.45) is 3.73. The lowest BCUT2D eigenvalue weighted by molar-refractivity contribution is -0.134. The van der Waals surface area contributed by atoms with Gasteiger partial charge in [-0.3, -0.25) is 19.7 Å². The zero-order valence-electron chi connectivity index (χ0n) is 15.3. The number of imide groups is 1. The third-order valence-corrected chi connectivity index (χ3v) is 5.41. The van der Waals surface area contributed by atoms with E-state index >= 15 is 0 Å². The van der Waals surface area contributed by atoms with Crippen molar-refractivity contribution in [2.24, 2.45) is 0 Å². The molecule has 140 valence electrons. The molecule has 2 saturated heterocycles. The summed E-state index contributed by atoms with van der Waals surface area (Å²) in [5.41, 5.74) is 2.81. The van der Waals surface area contributed by atoms with Gasteiger partial charge in [0.2, 0.25) is 18.2 Å². The summed E-state index contributed by atoms with van der Waals surface area (Å²) in [5.74, 6) is -0.0398. The summed E-state index contributed by atoms with van der Waals surface area (Å²) in [6.45, 7) is 2.00. The maximum absolute atomic E-state index is 12.2. The van der Waals surface area contributed by atoms with Crippen molar-refractivity contribution in [2.45, 2.75) is 37.6 Å². The van der Waals surface area contributed by atoms with Crippen LogP contribution in [0.3, 0.4) is 0 Å². The van der Waals surface area contributed by atoms with Crippen molar-refractivity contribution < 1.29 is 14.4 Å². The van der Waals surface area contributed by atoms with Crippen LogP contribution < -0.4 is 20.4 Å². The Morgan fingerprint density at radius 2 is 1.81 bits per heavy atom. The second-order valence-corrected chi connectivity index (χ2v) is 7.07. The lowest BCUT2D eigenvalue weighted by Gasteiger charge is -2.34. The second-order valence-electron chi connectivity index (χ2n) is 7.07. The van der Waals surface area contributed by atoms with Crippen molar-refractivity contribution in [1.29, 1.82) is 0 Å². The lowest BCUT2D eigenvalue weighted by atomic mass is 9.89. The third-order valence-electron chi connectivity index (χ3n) is 5.41. The van der Waals surface area contributed by atoms with Gasteiger partial charge in [0.15, 0.2) is 0 Å². The van der Waals surface area contributed by atoms with Crippen LogP contribution in [0.4, 0.5) is 11.4 Å². The van der Waals surface area contributed by atoms with Gasteiger partial charge in [-0.25, -0.2) is 0 Å². The highest BCUT2D eigenvalue weighted by Gasteiger charge is 2.31. The molecule has 3 amide bonds. The van der Waals surface area contributed by atoms with E-state index in [-0.39, 0.29) is 11.8 Å². The normalized spacial score (nSPS) is 21.2. The quantitative estimate of drug-likeness (QED) is 0.606. The van der Waals surface area contributed by atoms with Gasteiger partial charge < -0.3 is 15.1 Å². The maximum atomic E-state index is 12.2. The first-order valence-electron chi connectivity index (χ1n) is 9.10. The van der Waals surface area contributed by atoms with Gasteiger partial charge in [0.25, 0.3) is 0 Å². The molecule has 2 fully saturated rings. The van der Waals surface area contributed by atoms with Gasteiger partial charge in [0.05, 0.1) is 11.4 Å². The van der Waals surface area contributed by atoms with Crippen LogP contribution in [0, 0.1) is 0 Å². The van der Waals surface area contributed by atoms with E-state index in [0.29, 0.717) is 18.8 Å². The molecule has 0 saturated carbocycles. The highest BCUT2D eigenvalue weighted by atomic mass is 16.2. The number of piperidine rings is 2. The molecule has 1 atom stereocenters. The van der Waals surface area contributed by atoms with Crippen LogP contribution >= 0.6 is 0 Å². The van der Waals surface area contributed by atoms with E-state index in [1.807, 2.05) is 18.0 Å². The lowest BCUT2D eigenvalue weighted by Crippen LogP contribution is -2.51. The van der Waals surface area contributed by atoms with Crippen molar-refractivity contribution in [2.75, 3.05) is 37.0 Å². The number of hydrogen-bond donors (Lipinski definition) is 2. The summed E-state index contributed by atoms with van der Waals surface area (Å²) in [7, 11) is 3.55. The predicted octanol–water partition coefficient (Wildman–Crippen LogP) is 0.988. The van der Waals surface area contributed by atoms with Gasteiger partial charge in [-0.15, -0.1) is 0 Å². The minimum absolute atomic E-state index is 0.230. The molecule has 0 aromatic heterocycles. The molecule has 26 heavy (non-hydrogen) atoms. The first-order chi connectivity index (χ1) is 12.5. The molecular formula is C19H26N4O3. The Hall–Kier alpha value is -2.41. The molecule has 0 aliphatic carbocycles. The molecule has 2 N–H and O–H groups in total. The number of hydrogen-bond acceptors (Lipinski definition) is 5. The van der Waals surface area contributed by atoms with E-state index in [9.17, 15) is 14.4 Å². The number of benzene rings is 1. The van der Waals surface area contributed by atoms with E-state index in [1.54, 1.807) is 11.9 Å². The van der Waals surface area contributed by atoms with Gasteiger partial charge >= 0.3 is 0 Å². The average molecular weight is 358 g/mol. The van der Waals surface area contributed by atoms with E-state index in [2.05, 4.69) is 22.8 Å². The fourth-order valence-electron chi connectivity index (χ4n) is 3.81. The van der Waals surface area contributed by atoms with Crippen molar-refractivity contribution >= 4 is 29.6 Å². The maximum Gasteiger partial charge on any atom is 0.249 e. The third kappa shape index (κ3) is 3.72. The summed E-state index contributed by atoms with van der Waals surface area (Å²) in [6, 6.07) is 5.71. The number of nitrogens with one attached hydrogen (secondary N) is 2. The van der Waals surface area contributed by atoms with Crippen LogP contribution in [0.25, 0.3) is 0 Å². The molecule has 0 spiro atoms. The molecular weight excluding hydrogens is 332 g/mol. The van der Waals surface area contributed by atoms with E-state index in [0.717, 1.165) is 43.7 Å². The molecule has 2 heterocycles. The fraction of sp³-hybridized carbons (Fsp3) is 0.526. The number of amides is 3. The Bertz CT molecular complexity index is 700. The van der Waals surface area contributed by atoms with Crippen molar-refractivity contribution in [3.8, 4) is 0 Å². The van der Waals surface area contributed by atoms with E-state index in [1.165, 1.54) is 5.56 Å². The first kappa shape index (κ1) is 18.4. The predicted molar refractivity (Wildman–Crippen MR) is 100 cm³/mol. The highest BCUT2D eigenvalue weighted by Crippen LogP contribution is 2.35. The molecule has 0 radical (unpaired) electrons. The zero-order valence-corrected chi connectivity index (χ0v) is 15.3. The number of anilines is 2. The van der Waals surface area contributed by atoms with E-state index < -0.39 is 6.04 Å². The minimum Gasteiger partial charge on any atom is -0.361 e. The van der Waals surface area contributed by atoms with E-state index in [4.69, 9.17) is 0 Å². The molecule has 7 nitrogen and oxygen atoms in total. The van der Waals surface area contributed by atoms with Gasteiger partial charge in [-0.2, -0.15) is 0 Å². The molecule has 7 heteroatoms. The van der Waals surface area contributed by atoms with Crippen LogP contribution in [-0.4, -0.2) is 51.5 Å². The van der Waals surface area contributed by atoms with Crippen molar-refractivity contribution in [1.82, 2.24) is 10.6 Å². The SMILES string of the molecule is CN(C=O)c1cc(C2CCNCC2)ccc1N(C)C1CCC(=O)NC1=O. The van der Waals surface area contributed by atoms with Gasteiger partial charge in [-0.05, 0) is 56.0 Å². The molecule has 2 aliphatic rings. The molecule has 1 aromatic carbocycles. The summed E-state index contributed by atoms with van der Waals surface area (Å²) in [5, 5.41) is 5.76. The topological polar surface area (TPSA) is 81.8 Å². The molecule has 1 aromatic rings. The first-order valence-corrected chi connectivity index (χ1v) is 9.10. The Morgan fingerprint density at radius 3 is 2.46 bits per heavy atom. The summed E-state index contributed by atoms with van der Waals surface area (Å²) < 4.78 is 0.